The molecule has 4 rings (SSSR count). The van der Waals surface area contributed by atoms with Crippen molar-refractivity contribution in [1.82, 2.24) is 9.97 Å². The zero-order chi connectivity index (χ0) is 11.2. The highest BCUT2D eigenvalue weighted by molar-refractivity contribution is 7.25. The predicted molar refractivity (Wildman–Crippen MR) is 72.4 cm³/mol. The molecule has 3 heteroatoms. The van der Waals surface area contributed by atoms with Gasteiger partial charge in [0.05, 0.1) is 0 Å². The SMILES string of the molecule is c1ccc2c(c1)ccc1sc3nccnc3c12. The molecule has 17 heavy (non-hydrogen) atoms. The average Bonchev–Trinajstić information content (AvgIpc) is 2.77. The molecule has 0 spiro atoms. The van der Waals surface area contributed by atoms with Gasteiger partial charge in [-0.15, -0.1) is 11.3 Å². The first-order valence-electron chi connectivity index (χ1n) is 5.44. The van der Waals surface area contributed by atoms with Gasteiger partial charge in [0, 0.05) is 22.5 Å². The van der Waals surface area contributed by atoms with Crippen LogP contribution in [0.15, 0.2) is 48.8 Å². The van der Waals surface area contributed by atoms with Gasteiger partial charge in [0.2, 0.25) is 0 Å². The molecule has 0 saturated heterocycles. The Morgan fingerprint density at radius 2 is 1.76 bits per heavy atom. The lowest BCUT2D eigenvalue weighted by atomic mass is 10.1. The zero-order valence-electron chi connectivity index (χ0n) is 8.92. The van der Waals surface area contributed by atoms with Gasteiger partial charge in [-0.3, -0.25) is 4.98 Å². The quantitative estimate of drug-likeness (QED) is 0.461. The van der Waals surface area contributed by atoms with Crippen LogP contribution in [0.5, 0.6) is 0 Å². The maximum Gasteiger partial charge on any atom is 0.143 e. The molecule has 0 aliphatic heterocycles. The van der Waals surface area contributed by atoms with Crippen molar-refractivity contribution in [2.75, 3.05) is 0 Å². The molecular weight excluding hydrogens is 228 g/mol. The normalized spacial score (nSPS) is 11.5. The number of fused-ring (bicyclic) bond motifs is 5. The summed E-state index contributed by atoms with van der Waals surface area (Å²) in [6.45, 7) is 0. The number of benzene rings is 2. The minimum atomic E-state index is 1.01. The van der Waals surface area contributed by atoms with Gasteiger partial charge < -0.3 is 0 Å². The highest BCUT2D eigenvalue weighted by atomic mass is 32.1. The molecular formula is C14H8N2S. The van der Waals surface area contributed by atoms with Crippen molar-refractivity contribution >= 4 is 42.5 Å². The van der Waals surface area contributed by atoms with Gasteiger partial charge in [0.25, 0.3) is 0 Å². The van der Waals surface area contributed by atoms with Crippen molar-refractivity contribution in [3.05, 3.63) is 48.8 Å². The number of nitrogens with zero attached hydrogens (tertiary/aromatic N) is 2. The molecule has 0 aliphatic carbocycles. The molecule has 2 aromatic heterocycles. The summed E-state index contributed by atoms with van der Waals surface area (Å²) in [6, 6.07) is 12.7. The Hall–Kier alpha value is -2.00. The van der Waals surface area contributed by atoms with E-state index in [0.717, 1.165) is 10.3 Å². The number of thiophene rings is 1. The second-order valence-corrected chi connectivity index (χ2v) is 5.00. The summed E-state index contributed by atoms with van der Waals surface area (Å²) in [5.41, 5.74) is 1.02. The number of hydrogen-bond donors (Lipinski definition) is 0. The fourth-order valence-corrected chi connectivity index (χ4v) is 3.27. The largest absolute Gasteiger partial charge is 0.251 e. The minimum Gasteiger partial charge on any atom is -0.251 e. The van der Waals surface area contributed by atoms with Crippen LogP contribution in [0.25, 0.3) is 31.2 Å². The van der Waals surface area contributed by atoms with Crippen molar-refractivity contribution in [3.63, 3.8) is 0 Å². The van der Waals surface area contributed by atoms with E-state index in [2.05, 4.69) is 46.4 Å². The van der Waals surface area contributed by atoms with Crippen LogP contribution in [0.1, 0.15) is 0 Å². The summed E-state index contributed by atoms with van der Waals surface area (Å²) < 4.78 is 1.25. The molecule has 0 atom stereocenters. The fraction of sp³-hybridized carbons (Fsp3) is 0. The summed E-state index contributed by atoms with van der Waals surface area (Å²) >= 11 is 1.70. The monoisotopic (exact) mass is 236 g/mol. The smallest absolute Gasteiger partial charge is 0.143 e. The van der Waals surface area contributed by atoms with Gasteiger partial charge >= 0.3 is 0 Å². The summed E-state index contributed by atoms with van der Waals surface area (Å²) in [6.07, 6.45) is 3.51. The van der Waals surface area contributed by atoms with Crippen molar-refractivity contribution in [2.45, 2.75) is 0 Å². The highest BCUT2D eigenvalue weighted by Crippen LogP contribution is 2.35. The van der Waals surface area contributed by atoms with Gasteiger partial charge in [-0.2, -0.15) is 0 Å². The lowest BCUT2D eigenvalue weighted by molar-refractivity contribution is 1.32. The number of aromatic nitrogens is 2. The maximum atomic E-state index is 4.47. The Bertz CT molecular complexity index is 842. The molecule has 0 aliphatic rings. The van der Waals surface area contributed by atoms with Crippen LogP contribution >= 0.6 is 11.3 Å². The lowest BCUT2D eigenvalue weighted by Crippen LogP contribution is -1.77. The number of hydrogen-bond acceptors (Lipinski definition) is 3. The zero-order valence-corrected chi connectivity index (χ0v) is 9.74. The standard InChI is InChI=1S/C14H8N2S/c1-2-4-10-9(3-1)5-6-11-12(10)13-14(17-11)16-8-7-15-13/h1-8H. The second-order valence-electron chi connectivity index (χ2n) is 3.97. The first-order chi connectivity index (χ1) is 8.43. The second kappa shape index (κ2) is 3.25. The van der Waals surface area contributed by atoms with Crippen molar-refractivity contribution in [1.29, 1.82) is 0 Å². The molecule has 0 fully saturated rings. The van der Waals surface area contributed by atoms with E-state index in [1.807, 2.05) is 0 Å². The molecule has 0 bridgehead atoms. The third kappa shape index (κ3) is 1.20. The highest BCUT2D eigenvalue weighted by Gasteiger charge is 2.09. The molecule has 0 radical (unpaired) electrons. The van der Waals surface area contributed by atoms with Gasteiger partial charge in [-0.05, 0) is 16.8 Å². The minimum absolute atomic E-state index is 1.01. The Labute approximate surface area is 102 Å². The first kappa shape index (κ1) is 9.07. The Morgan fingerprint density at radius 1 is 0.882 bits per heavy atom. The summed E-state index contributed by atoms with van der Waals surface area (Å²) in [4.78, 5) is 9.86. The molecule has 0 unspecified atom stereocenters. The summed E-state index contributed by atoms with van der Waals surface area (Å²) in [5.74, 6) is 0. The third-order valence-corrected chi connectivity index (χ3v) is 4.05. The van der Waals surface area contributed by atoms with Crippen LogP contribution in [0.4, 0.5) is 0 Å². The van der Waals surface area contributed by atoms with E-state index in [1.54, 1.807) is 23.7 Å². The summed E-state index contributed by atoms with van der Waals surface area (Å²) in [7, 11) is 0. The van der Waals surface area contributed by atoms with E-state index in [-0.39, 0.29) is 0 Å². The van der Waals surface area contributed by atoms with Crippen molar-refractivity contribution in [2.24, 2.45) is 0 Å². The van der Waals surface area contributed by atoms with Gasteiger partial charge in [0.1, 0.15) is 10.3 Å². The molecule has 2 aromatic carbocycles. The van der Waals surface area contributed by atoms with E-state index in [1.165, 1.54) is 20.9 Å². The van der Waals surface area contributed by atoms with Gasteiger partial charge in [-0.1, -0.05) is 30.3 Å². The third-order valence-electron chi connectivity index (χ3n) is 3.00. The summed E-state index contributed by atoms with van der Waals surface area (Å²) in [5, 5.41) is 3.75. The van der Waals surface area contributed by atoms with Crippen molar-refractivity contribution < 1.29 is 0 Å². The topological polar surface area (TPSA) is 25.8 Å². The average molecular weight is 236 g/mol. The molecule has 80 valence electrons. The maximum absolute atomic E-state index is 4.47. The molecule has 0 saturated carbocycles. The fourth-order valence-electron chi connectivity index (χ4n) is 2.26. The molecule has 0 N–H and O–H groups in total. The van der Waals surface area contributed by atoms with Crippen LogP contribution in [0.2, 0.25) is 0 Å². The van der Waals surface area contributed by atoms with E-state index in [9.17, 15) is 0 Å². The predicted octanol–water partition coefficient (Wildman–Crippen LogP) is 4.00. The number of rotatable bonds is 0. The van der Waals surface area contributed by atoms with Gasteiger partial charge in [-0.25, -0.2) is 4.98 Å². The van der Waals surface area contributed by atoms with Crippen LogP contribution in [-0.4, -0.2) is 9.97 Å². The van der Waals surface area contributed by atoms with E-state index < -0.39 is 0 Å². The first-order valence-corrected chi connectivity index (χ1v) is 6.26. The van der Waals surface area contributed by atoms with Crippen molar-refractivity contribution in [3.8, 4) is 0 Å². The molecule has 2 heterocycles. The van der Waals surface area contributed by atoms with Crippen LogP contribution in [0.3, 0.4) is 0 Å². The van der Waals surface area contributed by atoms with Crippen LogP contribution in [0, 0.1) is 0 Å². The molecule has 0 amide bonds. The van der Waals surface area contributed by atoms with E-state index in [4.69, 9.17) is 0 Å². The Balaban J connectivity index is 2.38. The van der Waals surface area contributed by atoms with E-state index in [0.29, 0.717) is 0 Å². The Kier molecular flexibility index (Phi) is 1.73. The molecule has 2 nitrogen and oxygen atoms in total. The van der Waals surface area contributed by atoms with Crippen LogP contribution < -0.4 is 0 Å². The van der Waals surface area contributed by atoms with Gasteiger partial charge in [0.15, 0.2) is 0 Å². The van der Waals surface area contributed by atoms with Crippen LogP contribution in [-0.2, 0) is 0 Å². The Morgan fingerprint density at radius 3 is 2.76 bits per heavy atom. The molecule has 4 aromatic rings. The lowest BCUT2D eigenvalue weighted by Gasteiger charge is -1.98. The van der Waals surface area contributed by atoms with E-state index >= 15 is 0 Å².